The monoisotopic (exact) mass is 733 g/mol. The number of nitrogens with zero attached hydrogens (tertiary/aromatic N) is 6. The molecule has 2 aromatic heterocycles. The van der Waals surface area contributed by atoms with Crippen LogP contribution in [0.25, 0.3) is 17.2 Å². The third-order valence-electron chi connectivity index (χ3n) is 6.47. The fourth-order valence-corrected chi connectivity index (χ4v) is 5.21. The lowest BCUT2D eigenvalue weighted by atomic mass is 10.1. The van der Waals surface area contributed by atoms with E-state index in [0.29, 0.717) is 11.6 Å². The smallest absolute Gasteiger partial charge is 0.491 e. The first-order valence-corrected chi connectivity index (χ1v) is 14.9. The van der Waals surface area contributed by atoms with E-state index >= 15 is 0 Å². The molecule has 1 aliphatic heterocycles. The normalized spacial score (nSPS) is 14.7. The number of aliphatic imine (C=N–C) groups is 1. The van der Waals surface area contributed by atoms with Gasteiger partial charge in [-0.15, -0.1) is 18.3 Å². The number of aryl methyl sites for hydroxylation is 1. The summed E-state index contributed by atoms with van der Waals surface area (Å²) in [6, 6.07) is 7.76. The van der Waals surface area contributed by atoms with E-state index in [0.717, 1.165) is 58.1 Å². The summed E-state index contributed by atoms with van der Waals surface area (Å²) >= 11 is 0.775. The molecule has 3 heterocycles. The highest BCUT2D eigenvalue weighted by molar-refractivity contribution is 8.15. The molecule has 50 heavy (non-hydrogen) atoms. The van der Waals surface area contributed by atoms with Crippen molar-refractivity contribution < 1.29 is 58.6 Å². The van der Waals surface area contributed by atoms with Gasteiger partial charge in [-0.2, -0.15) is 31.3 Å². The first-order valence-electron chi connectivity index (χ1n) is 13.9. The number of amides is 3. The fraction of sp³-hybridized carbons (Fsp3) is 0.241. The van der Waals surface area contributed by atoms with Crippen LogP contribution in [-0.2, 0) is 11.0 Å². The summed E-state index contributed by atoms with van der Waals surface area (Å²) in [6.07, 6.45) is -13.9. The van der Waals surface area contributed by atoms with Crippen LogP contribution in [-0.4, -0.2) is 61.8 Å². The molecule has 4 aromatic rings. The quantitative estimate of drug-likeness (QED) is 0.184. The molecular formula is C29H20F9N7O4S. The number of amidine groups is 1. The van der Waals surface area contributed by atoms with Crippen LogP contribution in [0.2, 0.25) is 0 Å². The SMILES string of the molecule is Cc1ccc(OCCC(F)(F)F)c(N2C(=O)CS/C2=N\C(=O)Nc2ccc(-c3ncn(-c4ccc(OC(F)(F)F)cn4)n3)cc2C(F)(F)F)c1. The Labute approximate surface area is 279 Å². The maximum atomic E-state index is 14.1. The van der Waals surface area contributed by atoms with Gasteiger partial charge in [-0.25, -0.2) is 19.4 Å². The molecule has 0 spiro atoms. The van der Waals surface area contributed by atoms with Gasteiger partial charge in [0.2, 0.25) is 5.91 Å². The zero-order chi connectivity index (χ0) is 36.4. The van der Waals surface area contributed by atoms with Crippen molar-refractivity contribution in [2.45, 2.75) is 32.1 Å². The van der Waals surface area contributed by atoms with Crippen LogP contribution in [0.3, 0.4) is 0 Å². The predicted molar refractivity (Wildman–Crippen MR) is 160 cm³/mol. The summed E-state index contributed by atoms with van der Waals surface area (Å²) < 4.78 is 128. The number of hydrogen-bond donors (Lipinski definition) is 1. The number of carbonyl (C=O) groups is 2. The van der Waals surface area contributed by atoms with Crippen LogP contribution in [0.1, 0.15) is 17.5 Å². The van der Waals surface area contributed by atoms with Gasteiger partial charge in [0.05, 0.1) is 41.9 Å². The Morgan fingerprint density at radius 2 is 1.76 bits per heavy atom. The summed E-state index contributed by atoms with van der Waals surface area (Å²) in [5.74, 6) is -1.82. The molecule has 1 saturated heterocycles. The van der Waals surface area contributed by atoms with Gasteiger partial charge < -0.3 is 14.8 Å². The molecule has 3 amide bonds. The standard InChI is InChI=1S/C29H20F9N7O4S/c1-15-2-6-21(48-9-8-27(30,31)32)20(10-15)45-23(46)13-50-26(45)42-25(47)41-19-5-3-16(11-18(19)28(33,34)35)24-40-14-44(43-24)22-7-4-17(12-39-22)49-29(36,37)38/h2-7,10-12,14H,8-9,13H2,1H3,(H,41,47)/b42-26-. The first kappa shape index (κ1) is 36.0. The molecule has 0 saturated carbocycles. The lowest BCUT2D eigenvalue weighted by molar-refractivity contribution is -0.274. The average molecular weight is 734 g/mol. The zero-order valence-electron chi connectivity index (χ0n) is 25.0. The predicted octanol–water partition coefficient (Wildman–Crippen LogP) is 7.55. The Bertz CT molecular complexity index is 1930. The number of aromatic nitrogens is 4. The second kappa shape index (κ2) is 13.9. The Kier molecular flexibility index (Phi) is 9.98. The molecule has 0 bridgehead atoms. The molecule has 11 nitrogen and oxygen atoms in total. The van der Waals surface area contributed by atoms with Gasteiger partial charge in [0.25, 0.3) is 0 Å². The molecule has 264 valence electrons. The van der Waals surface area contributed by atoms with Crippen LogP contribution < -0.4 is 19.7 Å². The molecule has 0 atom stereocenters. The molecule has 2 aromatic carbocycles. The van der Waals surface area contributed by atoms with Gasteiger partial charge in [-0.05, 0) is 55.0 Å². The van der Waals surface area contributed by atoms with E-state index in [4.69, 9.17) is 4.74 Å². The highest BCUT2D eigenvalue weighted by atomic mass is 32.2. The molecular weight excluding hydrogens is 713 g/mol. The molecule has 0 aliphatic carbocycles. The average Bonchev–Trinajstić information content (AvgIpc) is 3.63. The minimum absolute atomic E-state index is 0.0122. The fourth-order valence-electron chi connectivity index (χ4n) is 4.35. The van der Waals surface area contributed by atoms with Gasteiger partial charge >= 0.3 is 24.7 Å². The first-order chi connectivity index (χ1) is 23.4. The van der Waals surface area contributed by atoms with E-state index in [-0.39, 0.29) is 39.6 Å². The Balaban J connectivity index is 1.37. The van der Waals surface area contributed by atoms with Crippen molar-refractivity contribution >= 4 is 40.2 Å². The van der Waals surface area contributed by atoms with Gasteiger partial charge in [0.15, 0.2) is 16.8 Å². The van der Waals surface area contributed by atoms with E-state index in [1.165, 1.54) is 18.2 Å². The molecule has 21 heteroatoms. The highest BCUT2D eigenvalue weighted by Crippen LogP contribution is 2.38. The Morgan fingerprint density at radius 3 is 2.42 bits per heavy atom. The number of pyridine rings is 1. The van der Waals surface area contributed by atoms with E-state index in [2.05, 4.69) is 24.8 Å². The Hall–Kier alpha value is -5.34. The summed E-state index contributed by atoms with van der Waals surface area (Å²) in [6.45, 7) is 0.867. The molecule has 5 rings (SSSR count). The Morgan fingerprint density at radius 1 is 1.00 bits per heavy atom. The number of urea groups is 1. The summed E-state index contributed by atoms with van der Waals surface area (Å²) in [5.41, 5.74) is -1.63. The lowest BCUT2D eigenvalue weighted by Gasteiger charge is -2.21. The highest BCUT2D eigenvalue weighted by Gasteiger charge is 2.36. The van der Waals surface area contributed by atoms with Crippen LogP contribution in [0, 0.1) is 6.92 Å². The molecule has 1 N–H and O–H groups in total. The number of rotatable bonds is 8. The summed E-state index contributed by atoms with van der Waals surface area (Å²) in [7, 11) is 0. The van der Waals surface area contributed by atoms with E-state index in [1.54, 1.807) is 6.92 Å². The lowest BCUT2D eigenvalue weighted by Crippen LogP contribution is -2.31. The van der Waals surface area contributed by atoms with Gasteiger partial charge in [0.1, 0.15) is 17.8 Å². The van der Waals surface area contributed by atoms with E-state index in [1.807, 2.05) is 5.32 Å². The minimum Gasteiger partial charge on any atom is -0.491 e. The number of nitrogens with one attached hydrogen (secondary N) is 1. The van der Waals surface area contributed by atoms with Crippen molar-refractivity contribution in [3.05, 3.63) is 72.2 Å². The summed E-state index contributed by atoms with van der Waals surface area (Å²) in [4.78, 5) is 38.1. The van der Waals surface area contributed by atoms with Crippen molar-refractivity contribution in [2.24, 2.45) is 4.99 Å². The molecule has 1 fully saturated rings. The number of alkyl halides is 9. The zero-order valence-corrected chi connectivity index (χ0v) is 25.8. The van der Waals surface area contributed by atoms with Crippen LogP contribution >= 0.6 is 11.8 Å². The van der Waals surface area contributed by atoms with Gasteiger partial charge in [-0.3, -0.25) is 9.69 Å². The van der Waals surface area contributed by atoms with Crippen LogP contribution in [0.15, 0.2) is 66.0 Å². The molecule has 0 radical (unpaired) electrons. The van der Waals surface area contributed by atoms with Gasteiger partial charge in [0, 0.05) is 5.56 Å². The third kappa shape index (κ3) is 9.01. The molecule has 1 aliphatic rings. The maximum Gasteiger partial charge on any atom is 0.573 e. The van der Waals surface area contributed by atoms with Crippen molar-refractivity contribution in [3.8, 4) is 28.7 Å². The van der Waals surface area contributed by atoms with Crippen molar-refractivity contribution in [1.29, 1.82) is 0 Å². The number of benzene rings is 2. The third-order valence-corrected chi connectivity index (χ3v) is 7.39. The summed E-state index contributed by atoms with van der Waals surface area (Å²) in [5, 5.41) is 5.80. The van der Waals surface area contributed by atoms with Crippen molar-refractivity contribution in [1.82, 2.24) is 19.7 Å². The number of ether oxygens (including phenoxy) is 2. The second-order valence-corrected chi connectivity index (χ2v) is 11.1. The van der Waals surface area contributed by atoms with Crippen molar-refractivity contribution in [2.75, 3.05) is 22.6 Å². The van der Waals surface area contributed by atoms with E-state index in [9.17, 15) is 49.1 Å². The number of thioether (sulfide) groups is 1. The number of halogens is 9. The largest absolute Gasteiger partial charge is 0.573 e. The maximum absolute atomic E-state index is 14.1. The number of anilines is 2. The number of carbonyl (C=O) groups excluding carboxylic acids is 2. The van der Waals surface area contributed by atoms with Gasteiger partial charge in [-0.1, -0.05) is 17.8 Å². The molecule has 0 unspecified atom stereocenters. The van der Waals surface area contributed by atoms with Crippen molar-refractivity contribution in [3.63, 3.8) is 0 Å². The topological polar surface area (TPSA) is 124 Å². The van der Waals surface area contributed by atoms with Crippen LogP contribution in [0.4, 0.5) is 55.7 Å². The van der Waals surface area contributed by atoms with Crippen LogP contribution in [0.5, 0.6) is 11.5 Å². The number of hydrogen-bond acceptors (Lipinski definition) is 8. The minimum atomic E-state index is -5.02. The second-order valence-electron chi connectivity index (χ2n) is 10.2. The van der Waals surface area contributed by atoms with E-state index < -0.39 is 60.7 Å².